The molecule has 18 nitrogen and oxygen atoms in total. The first-order chi connectivity index (χ1) is 29.6. The van der Waals surface area contributed by atoms with Gasteiger partial charge < -0.3 is 24.1 Å². The zero-order valence-corrected chi connectivity index (χ0v) is 41.0. The molecule has 4 heterocycles. The summed E-state index contributed by atoms with van der Waals surface area (Å²) >= 11 is 11.3. The summed E-state index contributed by atoms with van der Waals surface area (Å²) in [6, 6.07) is 13.3. The molecule has 65 heavy (non-hydrogen) atoms. The molecule has 5 N–H and O–H groups in total. The summed E-state index contributed by atoms with van der Waals surface area (Å²) in [4.78, 5) is 71.9. The monoisotopic (exact) mass is 966 g/mol. The van der Waals surface area contributed by atoms with Gasteiger partial charge >= 0.3 is 24.4 Å². The van der Waals surface area contributed by atoms with Crippen LogP contribution in [0.3, 0.4) is 0 Å². The number of amides is 4. The molecule has 4 rings (SSSR count). The van der Waals surface area contributed by atoms with E-state index in [-0.39, 0.29) is 19.0 Å². The van der Waals surface area contributed by atoms with E-state index in [1.54, 1.807) is 138 Å². The SMILES string of the molecule is CC(C)(C)OC(=O)Nc1cc(C=O)ccn1.CC(C)(C)OC(=O)Nc1cc(CCl)ccn1.CC(C)(C)OC(=O)Nc1cc(CCl)ccn1.CC(C)(C)OC(=O)Nc1cc(CO)ccn1.Cl. The topological polar surface area (TPSA) is 242 Å². The van der Waals surface area contributed by atoms with Crippen LogP contribution in [0.5, 0.6) is 0 Å². The number of anilines is 4. The number of carbonyl (C=O) groups is 5. The van der Waals surface area contributed by atoms with E-state index in [1.807, 2.05) is 0 Å². The summed E-state index contributed by atoms with van der Waals surface area (Å²) in [6.45, 7) is 21.4. The van der Waals surface area contributed by atoms with Crippen LogP contribution in [0, 0.1) is 0 Å². The first-order valence-corrected chi connectivity index (χ1v) is 20.7. The Morgan fingerprint density at radius 2 is 0.769 bits per heavy atom. The Morgan fingerprint density at radius 1 is 0.508 bits per heavy atom. The van der Waals surface area contributed by atoms with Crippen LogP contribution < -0.4 is 21.3 Å². The van der Waals surface area contributed by atoms with Gasteiger partial charge in [-0.2, -0.15) is 0 Å². The molecule has 0 fully saturated rings. The van der Waals surface area contributed by atoms with Gasteiger partial charge in [0.25, 0.3) is 0 Å². The third-order valence-corrected chi connectivity index (χ3v) is 7.02. The van der Waals surface area contributed by atoms with E-state index in [9.17, 15) is 24.0 Å². The van der Waals surface area contributed by atoms with Gasteiger partial charge in [-0.15, -0.1) is 35.6 Å². The molecule has 0 aliphatic rings. The second-order valence-electron chi connectivity index (χ2n) is 17.2. The zero-order valence-electron chi connectivity index (χ0n) is 38.7. The maximum Gasteiger partial charge on any atom is 0.413 e. The van der Waals surface area contributed by atoms with E-state index < -0.39 is 46.8 Å². The minimum Gasteiger partial charge on any atom is -0.444 e. The van der Waals surface area contributed by atoms with Gasteiger partial charge in [0.15, 0.2) is 0 Å². The fourth-order valence-corrected chi connectivity index (χ4v) is 4.45. The molecule has 0 radical (unpaired) electrons. The fraction of sp³-hybridized carbons (Fsp3) is 0.432. The van der Waals surface area contributed by atoms with Crippen LogP contribution in [0.25, 0.3) is 0 Å². The summed E-state index contributed by atoms with van der Waals surface area (Å²) in [5.74, 6) is 2.29. The molecule has 0 aliphatic heterocycles. The first kappa shape index (κ1) is 59.2. The number of aliphatic hydroxyl groups is 1. The molecular formula is C44H61Cl3N8O10. The summed E-state index contributed by atoms with van der Waals surface area (Å²) in [6.07, 6.45) is 4.61. The number of carbonyl (C=O) groups excluding carboxylic acids is 5. The lowest BCUT2D eigenvalue weighted by Crippen LogP contribution is -2.27. The lowest BCUT2D eigenvalue weighted by atomic mass is 10.2. The average molecular weight is 968 g/mol. The van der Waals surface area contributed by atoms with Gasteiger partial charge in [-0.25, -0.2) is 39.1 Å². The van der Waals surface area contributed by atoms with E-state index in [0.29, 0.717) is 52.4 Å². The number of nitrogens with one attached hydrogen (secondary N) is 4. The van der Waals surface area contributed by atoms with Crippen molar-refractivity contribution in [3.63, 3.8) is 0 Å². The molecule has 4 amide bonds. The number of hydrogen-bond acceptors (Lipinski definition) is 14. The van der Waals surface area contributed by atoms with Crippen LogP contribution in [0.15, 0.2) is 73.3 Å². The van der Waals surface area contributed by atoms with Gasteiger partial charge in [-0.1, -0.05) is 0 Å². The van der Waals surface area contributed by atoms with Gasteiger partial charge in [0.05, 0.1) is 6.61 Å². The van der Waals surface area contributed by atoms with Gasteiger partial charge in [-0.05, 0) is 148 Å². The number of pyridine rings is 4. The van der Waals surface area contributed by atoms with E-state index in [1.165, 1.54) is 18.5 Å². The van der Waals surface area contributed by atoms with Gasteiger partial charge in [0, 0.05) is 42.1 Å². The molecule has 358 valence electrons. The first-order valence-electron chi connectivity index (χ1n) is 19.6. The Bertz CT molecular complexity index is 1950. The van der Waals surface area contributed by atoms with E-state index in [2.05, 4.69) is 41.2 Å². The second kappa shape index (κ2) is 28.2. The Balaban J connectivity index is 0.000000836. The lowest BCUT2D eigenvalue weighted by molar-refractivity contribution is 0.0624. The standard InChI is InChI=1S/2C11H15ClN2O2.C11H16N2O3.C11H14N2O3.ClH/c2*1-11(2,3)16-10(15)14-9-6-8(7-12)4-5-13-9;2*1-11(2,3)16-10(15)13-9-6-8(7-14)4-5-12-9;/h2*4-6H,7H2,1-3H3,(H,13,14,15);4-6,14H,7H2,1-3H3,(H,12,13,15);4-7H,1-3H3,(H,12,13,15);1H. The quantitative estimate of drug-likeness (QED) is 0.0627. The Morgan fingerprint density at radius 3 is 1.03 bits per heavy atom. The van der Waals surface area contributed by atoms with Crippen molar-refractivity contribution >= 4 is 89.5 Å². The number of halogens is 3. The number of rotatable bonds is 8. The van der Waals surface area contributed by atoms with Crippen LogP contribution in [0.4, 0.5) is 42.4 Å². The minimum atomic E-state index is -0.594. The number of aliphatic hydroxyl groups excluding tert-OH is 1. The molecule has 0 atom stereocenters. The predicted molar refractivity (Wildman–Crippen MR) is 254 cm³/mol. The largest absolute Gasteiger partial charge is 0.444 e. The predicted octanol–water partition coefficient (Wildman–Crippen LogP) is 10.9. The molecule has 0 spiro atoms. The van der Waals surface area contributed by atoms with Crippen molar-refractivity contribution in [1.29, 1.82) is 0 Å². The van der Waals surface area contributed by atoms with Gasteiger partial charge in [-0.3, -0.25) is 26.1 Å². The number of ether oxygens (including phenoxy) is 4. The fourth-order valence-electron chi connectivity index (χ4n) is 4.11. The van der Waals surface area contributed by atoms with E-state index in [0.717, 1.165) is 11.1 Å². The number of nitrogens with zero attached hydrogens (tertiary/aromatic N) is 4. The summed E-state index contributed by atoms with van der Waals surface area (Å²) in [7, 11) is 0. The molecule has 21 heteroatoms. The molecule has 4 aromatic heterocycles. The highest BCUT2D eigenvalue weighted by atomic mass is 35.5. The smallest absolute Gasteiger partial charge is 0.413 e. The molecular weight excluding hydrogens is 907 g/mol. The van der Waals surface area contributed by atoms with Crippen molar-refractivity contribution in [1.82, 2.24) is 19.9 Å². The third kappa shape index (κ3) is 30.0. The van der Waals surface area contributed by atoms with Crippen LogP contribution in [-0.2, 0) is 37.3 Å². The van der Waals surface area contributed by atoms with Gasteiger partial charge in [0.2, 0.25) is 0 Å². The second-order valence-corrected chi connectivity index (χ2v) is 17.7. The molecule has 0 bridgehead atoms. The van der Waals surface area contributed by atoms with E-state index >= 15 is 0 Å². The maximum atomic E-state index is 11.4. The van der Waals surface area contributed by atoms with Crippen molar-refractivity contribution in [3.8, 4) is 0 Å². The number of aromatic nitrogens is 4. The highest BCUT2D eigenvalue weighted by Crippen LogP contribution is 2.15. The third-order valence-electron chi connectivity index (χ3n) is 6.40. The Labute approximate surface area is 396 Å². The van der Waals surface area contributed by atoms with Gasteiger partial charge in [0.1, 0.15) is 52.0 Å². The molecule has 0 saturated heterocycles. The maximum absolute atomic E-state index is 11.4. The number of hydrogen-bond donors (Lipinski definition) is 5. The number of alkyl halides is 2. The Kier molecular flexibility index (Phi) is 25.6. The van der Waals surface area contributed by atoms with Crippen LogP contribution >= 0.6 is 35.6 Å². The lowest BCUT2D eigenvalue weighted by Gasteiger charge is -2.19. The summed E-state index contributed by atoms with van der Waals surface area (Å²) in [5.41, 5.74) is 0.764. The van der Waals surface area contributed by atoms with E-state index in [4.69, 9.17) is 47.3 Å². The average Bonchev–Trinajstić information content (AvgIpc) is 3.16. The highest BCUT2D eigenvalue weighted by molar-refractivity contribution is 6.17. The van der Waals surface area contributed by atoms with Crippen LogP contribution in [0.1, 0.15) is 110 Å². The van der Waals surface area contributed by atoms with Crippen molar-refractivity contribution in [2.45, 2.75) is 124 Å². The molecule has 0 saturated carbocycles. The zero-order chi connectivity index (χ0) is 48.7. The minimum absolute atomic E-state index is 0. The molecule has 0 aromatic carbocycles. The van der Waals surface area contributed by atoms with Crippen molar-refractivity contribution < 1.29 is 48.0 Å². The Hall–Kier alpha value is -5.82. The molecule has 0 aliphatic carbocycles. The normalized spacial score (nSPS) is 10.8. The van der Waals surface area contributed by atoms with Crippen LogP contribution in [0.2, 0.25) is 0 Å². The van der Waals surface area contributed by atoms with Crippen LogP contribution in [-0.4, -0.2) is 78.1 Å². The van der Waals surface area contributed by atoms with Crippen molar-refractivity contribution in [3.05, 3.63) is 95.6 Å². The van der Waals surface area contributed by atoms with Crippen molar-refractivity contribution in [2.75, 3.05) is 21.3 Å². The summed E-state index contributed by atoms with van der Waals surface area (Å²) < 4.78 is 20.3. The summed E-state index contributed by atoms with van der Waals surface area (Å²) in [5, 5.41) is 18.9. The number of aldehydes is 1. The van der Waals surface area contributed by atoms with Crippen molar-refractivity contribution in [2.24, 2.45) is 0 Å². The highest BCUT2D eigenvalue weighted by Gasteiger charge is 2.19. The molecule has 0 unspecified atom stereocenters. The molecule has 4 aromatic rings.